The molecule has 1 aromatic rings. The average molecular weight is 376 g/mol. The van der Waals surface area contributed by atoms with Crippen molar-refractivity contribution in [3.8, 4) is 0 Å². The molecule has 1 fully saturated rings. The van der Waals surface area contributed by atoms with Crippen molar-refractivity contribution in [1.29, 1.82) is 0 Å². The maximum atomic E-state index is 12.7. The first-order chi connectivity index (χ1) is 9.69. The van der Waals surface area contributed by atoms with E-state index in [0.29, 0.717) is 6.54 Å². The van der Waals surface area contributed by atoms with Crippen molar-refractivity contribution < 1.29 is 4.79 Å². The van der Waals surface area contributed by atoms with Crippen molar-refractivity contribution >= 4 is 34.2 Å². The van der Waals surface area contributed by atoms with Crippen LogP contribution in [0.5, 0.6) is 0 Å². The van der Waals surface area contributed by atoms with Gasteiger partial charge in [0, 0.05) is 17.6 Å². The third-order valence-electron chi connectivity index (χ3n) is 4.13. The molecule has 21 heavy (non-hydrogen) atoms. The van der Waals surface area contributed by atoms with Crippen LogP contribution in [0.1, 0.15) is 38.2 Å². The molecular formula is C16H24BrClN2O. The van der Waals surface area contributed by atoms with Crippen molar-refractivity contribution in [3.63, 3.8) is 0 Å². The summed E-state index contributed by atoms with van der Waals surface area (Å²) in [4.78, 5) is 12.7. The van der Waals surface area contributed by atoms with Crippen molar-refractivity contribution in [1.82, 2.24) is 10.6 Å². The van der Waals surface area contributed by atoms with Gasteiger partial charge in [0.05, 0.1) is 5.41 Å². The summed E-state index contributed by atoms with van der Waals surface area (Å²) in [6.07, 6.45) is 4.19. The lowest BCUT2D eigenvalue weighted by Crippen LogP contribution is -2.44. The van der Waals surface area contributed by atoms with Crippen LogP contribution in [0.4, 0.5) is 0 Å². The summed E-state index contributed by atoms with van der Waals surface area (Å²) in [6, 6.07) is 8.22. The Kier molecular flexibility index (Phi) is 7.71. The van der Waals surface area contributed by atoms with Crippen molar-refractivity contribution in [3.05, 3.63) is 34.3 Å². The number of nitrogens with one attached hydrogen (secondary N) is 2. The first kappa shape index (κ1) is 18.5. The standard InChI is InChI=1S/C16H23BrN2O.ClH/c1-2-18-11-12-19-15(20)16(9-3-4-10-16)13-5-7-14(17)8-6-13;/h5-8,18H,2-4,9-12H2,1H3,(H,19,20);1H. The monoisotopic (exact) mass is 374 g/mol. The van der Waals surface area contributed by atoms with Gasteiger partial charge in [-0.1, -0.05) is 47.8 Å². The molecule has 0 aliphatic heterocycles. The highest BCUT2D eigenvalue weighted by atomic mass is 79.9. The zero-order chi connectivity index (χ0) is 14.4. The summed E-state index contributed by atoms with van der Waals surface area (Å²) in [5, 5.41) is 6.33. The molecule has 0 aromatic heterocycles. The van der Waals surface area contributed by atoms with Crippen LogP contribution in [0.25, 0.3) is 0 Å². The molecule has 1 aliphatic carbocycles. The molecule has 0 heterocycles. The number of carbonyl (C=O) groups excluding carboxylic acids is 1. The lowest BCUT2D eigenvalue weighted by atomic mass is 9.78. The Balaban J connectivity index is 0.00000220. The molecule has 1 saturated carbocycles. The van der Waals surface area contributed by atoms with Gasteiger partial charge in [-0.3, -0.25) is 4.79 Å². The normalized spacial score (nSPS) is 16.3. The third kappa shape index (κ3) is 4.44. The van der Waals surface area contributed by atoms with Crippen LogP contribution in [0.3, 0.4) is 0 Å². The van der Waals surface area contributed by atoms with Gasteiger partial charge in [0.1, 0.15) is 0 Å². The molecule has 0 radical (unpaired) electrons. The molecule has 1 aromatic carbocycles. The van der Waals surface area contributed by atoms with Crippen LogP contribution in [0.15, 0.2) is 28.7 Å². The van der Waals surface area contributed by atoms with E-state index in [9.17, 15) is 4.79 Å². The maximum Gasteiger partial charge on any atom is 0.230 e. The highest BCUT2D eigenvalue weighted by molar-refractivity contribution is 9.10. The van der Waals surface area contributed by atoms with E-state index in [1.165, 1.54) is 0 Å². The molecule has 3 nitrogen and oxygen atoms in total. The maximum absolute atomic E-state index is 12.7. The SMILES string of the molecule is CCNCCNC(=O)C1(c2ccc(Br)cc2)CCCC1.Cl. The van der Waals surface area contributed by atoms with Crippen LogP contribution in [0, 0.1) is 0 Å². The number of rotatable bonds is 6. The molecule has 0 spiro atoms. The lowest BCUT2D eigenvalue weighted by Gasteiger charge is -2.28. The minimum atomic E-state index is -0.313. The Morgan fingerprint density at radius 3 is 2.38 bits per heavy atom. The topological polar surface area (TPSA) is 41.1 Å². The summed E-state index contributed by atoms with van der Waals surface area (Å²) in [5.41, 5.74) is 0.839. The lowest BCUT2D eigenvalue weighted by molar-refractivity contribution is -0.126. The number of hydrogen-bond donors (Lipinski definition) is 2. The zero-order valence-electron chi connectivity index (χ0n) is 12.5. The molecule has 0 bridgehead atoms. The minimum Gasteiger partial charge on any atom is -0.354 e. The molecule has 2 rings (SSSR count). The van der Waals surface area contributed by atoms with Gasteiger partial charge in [-0.05, 0) is 37.1 Å². The Labute approximate surface area is 141 Å². The molecule has 0 unspecified atom stereocenters. The van der Waals surface area contributed by atoms with Gasteiger partial charge < -0.3 is 10.6 Å². The van der Waals surface area contributed by atoms with Gasteiger partial charge >= 0.3 is 0 Å². The van der Waals surface area contributed by atoms with E-state index in [4.69, 9.17) is 0 Å². The molecule has 1 amide bonds. The number of hydrogen-bond acceptors (Lipinski definition) is 2. The van der Waals surface area contributed by atoms with Gasteiger partial charge in [0.25, 0.3) is 0 Å². The Morgan fingerprint density at radius 1 is 1.19 bits per heavy atom. The first-order valence-electron chi connectivity index (χ1n) is 7.44. The number of carbonyl (C=O) groups is 1. The molecule has 2 N–H and O–H groups in total. The fourth-order valence-corrected chi connectivity index (χ4v) is 3.27. The van der Waals surface area contributed by atoms with Crippen LogP contribution in [-0.2, 0) is 10.2 Å². The summed E-state index contributed by atoms with van der Waals surface area (Å²) in [6.45, 7) is 4.54. The van der Waals surface area contributed by atoms with E-state index in [-0.39, 0.29) is 23.7 Å². The second-order valence-corrected chi connectivity index (χ2v) is 6.32. The Hall–Kier alpha value is -0.580. The Bertz CT molecular complexity index is 444. The van der Waals surface area contributed by atoms with Gasteiger partial charge in [-0.15, -0.1) is 12.4 Å². The van der Waals surface area contributed by atoms with Crippen LogP contribution < -0.4 is 10.6 Å². The van der Waals surface area contributed by atoms with E-state index in [0.717, 1.165) is 48.8 Å². The van der Waals surface area contributed by atoms with E-state index in [1.54, 1.807) is 0 Å². The van der Waals surface area contributed by atoms with Crippen LogP contribution >= 0.6 is 28.3 Å². The molecular weight excluding hydrogens is 352 g/mol. The molecule has 118 valence electrons. The smallest absolute Gasteiger partial charge is 0.230 e. The van der Waals surface area contributed by atoms with Crippen LogP contribution in [-0.4, -0.2) is 25.5 Å². The number of halogens is 2. The second-order valence-electron chi connectivity index (χ2n) is 5.41. The fourth-order valence-electron chi connectivity index (χ4n) is 3.00. The highest BCUT2D eigenvalue weighted by Gasteiger charge is 2.42. The first-order valence-corrected chi connectivity index (χ1v) is 8.23. The van der Waals surface area contributed by atoms with Gasteiger partial charge in [0.2, 0.25) is 5.91 Å². The number of amides is 1. The van der Waals surface area contributed by atoms with E-state index in [1.807, 2.05) is 12.1 Å². The second kappa shape index (κ2) is 8.76. The summed E-state index contributed by atoms with van der Waals surface area (Å²) >= 11 is 3.46. The third-order valence-corrected chi connectivity index (χ3v) is 4.65. The highest BCUT2D eigenvalue weighted by Crippen LogP contribution is 2.41. The van der Waals surface area contributed by atoms with Crippen molar-refractivity contribution in [2.24, 2.45) is 0 Å². The van der Waals surface area contributed by atoms with E-state index < -0.39 is 0 Å². The molecule has 0 atom stereocenters. The largest absolute Gasteiger partial charge is 0.354 e. The average Bonchev–Trinajstić information content (AvgIpc) is 2.95. The van der Waals surface area contributed by atoms with E-state index in [2.05, 4.69) is 45.6 Å². The quantitative estimate of drug-likeness (QED) is 0.748. The van der Waals surface area contributed by atoms with Gasteiger partial charge in [-0.2, -0.15) is 0 Å². The minimum absolute atomic E-state index is 0. The van der Waals surface area contributed by atoms with Gasteiger partial charge in [0.15, 0.2) is 0 Å². The van der Waals surface area contributed by atoms with Crippen molar-refractivity contribution in [2.75, 3.05) is 19.6 Å². The Morgan fingerprint density at radius 2 is 1.81 bits per heavy atom. The molecule has 1 aliphatic rings. The number of benzene rings is 1. The van der Waals surface area contributed by atoms with Crippen LogP contribution in [0.2, 0.25) is 0 Å². The molecule has 0 saturated heterocycles. The van der Waals surface area contributed by atoms with Crippen molar-refractivity contribution in [2.45, 2.75) is 38.0 Å². The van der Waals surface area contributed by atoms with Gasteiger partial charge in [-0.25, -0.2) is 0 Å². The summed E-state index contributed by atoms with van der Waals surface area (Å²) in [5.74, 6) is 0.190. The predicted octanol–water partition coefficient (Wildman–Crippen LogP) is 3.41. The fraction of sp³-hybridized carbons (Fsp3) is 0.562. The predicted molar refractivity (Wildman–Crippen MR) is 93.1 cm³/mol. The summed E-state index contributed by atoms with van der Waals surface area (Å²) < 4.78 is 1.06. The molecule has 5 heteroatoms. The number of likely N-dealkylation sites (N-methyl/N-ethyl adjacent to an activating group) is 1. The summed E-state index contributed by atoms with van der Waals surface area (Å²) in [7, 11) is 0. The zero-order valence-corrected chi connectivity index (χ0v) is 14.9. The van der Waals surface area contributed by atoms with E-state index >= 15 is 0 Å².